The number of hydrogen-bond donors (Lipinski definition) is 2. The van der Waals surface area contributed by atoms with Gasteiger partial charge in [0.05, 0.1) is 5.69 Å². The lowest BCUT2D eigenvalue weighted by Crippen LogP contribution is -2.27. The molecule has 0 aliphatic heterocycles. The van der Waals surface area contributed by atoms with Crippen LogP contribution in [0.4, 0.5) is 0 Å². The molecule has 21 heavy (non-hydrogen) atoms. The number of nitrogens with one attached hydrogen (secondary N) is 2. The standard InChI is InChI=1S/C14H18N4OS2/c1-20-8-12-16-9(7-21-12)5-6-15-14(19)13-10-3-2-4-11(10)17-18-13/h7H,2-6,8H2,1H3,(H,15,19)(H,17,18). The van der Waals surface area contributed by atoms with E-state index < -0.39 is 0 Å². The number of hydrogen-bond acceptors (Lipinski definition) is 5. The van der Waals surface area contributed by atoms with Crippen LogP contribution in [0, 0.1) is 0 Å². The average molecular weight is 322 g/mol. The van der Waals surface area contributed by atoms with Crippen LogP contribution < -0.4 is 5.32 Å². The van der Waals surface area contributed by atoms with Gasteiger partial charge in [-0.15, -0.1) is 11.3 Å². The third-order valence-corrected chi connectivity index (χ3v) is 5.20. The molecule has 112 valence electrons. The van der Waals surface area contributed by atoms with Crippen LogP contribution >= 0.6 is 23.1 Å². The molecule has 0 bridgehead atoms. The number of carbonyl (C=O) groups is 1. The molecule has 1 aliphatic rings. The third kappa shape index (κ3) is 3.29. The minimum atomic E-state index is -0.0750. The van der Waals surface area contributed by atoms with Gasteiger partial charge in [-0.2, -0.15) is 16.9 Å². The molecule has 7 heteroatoms. The number of thioether (sulfide) groups is 1. The van der Waals surface area contributed by atoms with Crippen LogP contribution in [0.5, 0.6) is 0 Å². The maximum Gasteiger partial charge on any atom is 0.272 e. The highest BCUT2D eigenvalue weighted by atomic mass is 32.2. The summed E-state index contributed by atoms with van der Waals surface area (Å²) in [7, 11) is 0. The van der Waals surface area contributed by atoms with E-state index in [1.807, 2.05) is 0 Å². The lowest BCUT2D eigenvalue weighted by molar-refractivity contribution is 0.0948. The summed E-state index contributed by atoms with van der Waals surface area (Å²) < 4.78 is 0. The predicted molar refractivity (Wildman–Crippen MR) is 86.0 cm³/mol. The molecule has 0 aromatic carbocycles. The molecular weight excluding hydrogens is 304 g/mol. The Hall–Kier alpha value is -1.34. The molecular formula is C14H18N4OS2. The van der Waals surface area contributed by atoms with E-state index in [9.17, 15) is 4.79 Å². The Morgan fingerprint density at radius 3 is 3.29 bits per heavy atom. The second-order valence-electron chi connectivity index (χ2n) is 5.05. The van der Waals surface area contributed by atoms with Crippen LogP contribution in [0.25, 0.3) is 0 Å². The molecule has 3 rings (SSSR count). The molecule has 0 spiro atoms. The van der Waals surface area contributed by atoms with Crippen molar-refractivity contribution in [1.82, 2.24) is 20.5 Å². The first-order chi connectivity index (χ1) is 10.3. The zero-order chi connectivity index (χ0) is 14.7. The van der Waals surface area contributed by atoms with E-state index in [2.05, 4.69) is 32.1 Å². The van der Waals surface area contributed by atoms with Crippen LogP contribution in [0.15, 0.2) is 5.38 Å². The number of thiazole rings is 1. The molecule has 2 N–H and O–H groups in total. The topological polar surface area (TPSA) is 70.7 Å². The highest BCUT2D eigenvalue weighted by Crippen LogP contribution is 2.22. The summed E-state index contributed by atoms with van der Waals surface area (Å²) in [5, 5.41) is 13.3. The van der Waals surface area contributed by atoms with Gasteiger partial charge in [0.15, 0.2) is 5.69 Å². The van der Waals surface area contributed by atoms with Crippen molar-refractivity contribution in [1.29, 1.82) is 0 Å². The summed E-state index contributed by atoms with van der Waals surface area (Å²) in [4.78, 5) is 16.7. The Labute approximate surface area is 131 Å². The third-order valence-electron chi connectivity index (χ3n) is 3.56. The van der Waals surface area contributed by atoms with Crippen molar-refractivity contribution >= 4 is 29.0 Å². The maximum atomic E-state index is 12.1. The first kappa shape index (κ1) is 14.6. The molecule has 1 amide bonds. The van der Waals surface area contributed by atoms with Crippen LogP contribution in [-0.2, 0) is 25.0 Å². The summed E-state index contributed by atoms with van der Waals surface area (Å²) in [6.45, 7) is 0.600. The molecule has 0 fully saturated rings. The van der Waals surface area contributed by atoms with E-state index in [0.717, 1.165) is 53.4 Å². The maximum absolute atomic E-state index is 12.1. The number of carbonyl (C=O) groups excluding carboxylic acids is 1. The predicted octanol–water partition coefficient (Wildman–Crippen LogP) is 2.19. The fourth-order valence-corrected chi connectivity index (χ4v) is 4.10. The van der Waals surface area contributed by atoms with Crippen molar-refractivity contribution < 1.29 is 4.79 Å². The van der Waals surface area contributed by atoms with Gasteiger partial charge in [0, 0.05) is 35.4 Å². The number of aromatic amines is 1. The Kier molecular flexibility index (Phi) is 4.60. The van der Waals surface area contributed by atoms with Gasteiger partial charge in [-0.3, -0.25) is 9.89 Å². The van der Waals surface area contributed by atoms with Crippen molar-refractivity contribution in [3.8, 4) is 0 Å². The zero-order valence-corrected chi connectivity index (χ0v) is 13.6. The highest BCUT2D eigenvalue weighted by Gasteiger charge is 2.22. The van der Waals surface area contributed by atoms with E-state index in [1.165, 1.54) is 0 Å². The molecule has 5 nitrogen and oxygen atoms in total. The smallest absolute Gasteiger partial charge is 0.272 e. The van der Waals surface area contributed by atoms with Gasteiger partial charge < -0.3 is 5.32 Å². The minimum Gasteiger partial charge on any atom is -0.350 e. The van der Waals surface area contributed by atoms with Crippen LogP contribution in [-0.4, -0.2) is 33.9 Å². The number of fused-ring (bicyclic) bond motifs is 1. The molecule has 1 aliphatic carbocycles. The molecule has 2 aromatic rings. The first-order valence-electron chi connectivity index (χ1n) is 7.04. The van der Waals surface area contributed by atoms with Gasteiger partial charge in [-0.25, -0.2) is 4.98 Å². The van der Waals surface area contributed by atoms with Crippen molar-refractivity contribution in [2.45, 2.75) is 31.4 Å². The van der Waals surface area contributed by atoms with Gasteiger partial charge in [-0.1, -0.05) is 0 Å². The second-order valence-corrected chi connectivity index (χ2v) is 6.86. The van der Waals surface area contributed by atoms with Gasteiger partial charge in [0.1, 0.15) is 5.01 Å². The lowest BCUT2D eigenvalue weighted by atomic mass is 10.2. The number of rotatable bonds is 6. The number of aromatic nitrogens is 3. The summed E-state index contributed by atoms with van der Waals surface area (Å²) in [5.41, 5.74) is 3.85. The number of amides is 1. The summed E-state index contributed by atoms with van der Waals surface area (Å²) in [6.07, 6.45) is 5.92. The molecule has 2 heterocycles. The summed E-state index contributed by atoms with van der Waals surface area (Å²) in [5.74, 6) is 0.880. The Morgan fingerprint density at radius 1 is 1.52 bits per heavy atom. The normalized spacial score (nSPS) is 13.4. The van der Waals surface area contributed by atoms with Crippen molar-refractivity contribution in [3.63, 3.8) is 0 Å². The monoisotopic (exact) mass is 322 g/mol. The van der Waals surface area contributed by atoms with E-state index in [-0.39, 0.29) is 5.91 Å². The SMILES string of the molecule is CSCc1nc(CCNC(=O)c2n[nH]c3c2CCC3)cs1. The molecule has 0 saturated carbocycles. The van der Waals surface area contributed by atoms with Crippen LogP contribution in [0.2, 0.25) is 0 Å². The lowest BCUT2D eigenvalue weighted by Gasteiger charge is -2.02. The number of nitrogens with zero attached hydrogens (tertiary/aromatic N) is 2. The average Bonchev–Trinajstić information content (AvgIpc) is 3.14. The van der Waals surface area contributed by atoms with Crippen LogP contribution in [0.1, 0.15) is 38.9 Å². The molecule has 0 saturated heterocycles. The minimum absolute atomic E-state index is 0.0750. The fourth-order valence-electron chi connectivity index (χ4n) is 2.55. The van der Waals surface area contributed by atoms with Crippen molar-refractivity contribution in [2.75, 3.05) is 12.8 Å². The molecule has 2 aromatic heterocycles. The summed E-state index contributed by atoms with van der Waals surface area (Å²) in [6, 6.07) is 0. The highest BCUT2D eigenvalue weighted by molar-refractivity contribution is 7.97. The van der Waals surface area contributed by atoms with Gasteiger partial charge in [0.2, 0.25) is 0 Å². The summed E-state index contributed by atoms with van der Waals surface area (Å²) >= 11 is 3.46. The van der Waals surface area contributed by atoms with Gasteiger partial charge >= 0.3 is 0 Å². The van der Waals surface area contributed by atoms with E-state index >= 15 is 0 Å². The quantitative estimate of drug-likeness (QED) is 0.855. The van der Waals surface area contributed by atoms with Crippen LogP contribution in [0.3, 0.4) is 0 Å². The fraction of sp³-hybridized carbons (Fsp3) is 0.500. The van der Waals surface area contributed by atoms with Gasteiger partial charge in [-0.05, 0) is 25.5 Å². The molecule has 0 unspecified atom stereocenters. The molecule has 0 radical (unpaired) electrons. The Balaban J connectivity index is 1.51. The van der Waals surface area contributed by atoms with E-state index in [0.29, 0.717) is 12.2 Å². The largest absolute Gasteiger partial charge is 0.350 e. The number of H-pyrrole nitrogens is 1. The molecule has 0 atom stereocenters. The zero-order valence-electron chi connectivity index (χ0n) is 11.9. The Morgan fingerprint density at radius 2 is 2.43 bits per heavy atom. The van der Waals surface area contributed by atoms with E-state index in [1.54, 1.807) is 23.1 Å². The second kappa shape index (κ2) is 6.62. The van der Waals surface area contributed by atoms with Crippen molar-refractivity contribution in [2.24, 2.45) is 0 Å². The Bertz CT molecular complexity index is 635. The van der Waals surface area contributed by atoms with Gasteiger partial charge in [0.25, 0.3) is 5.91 Å². The first-order valence-corrected chi connectivity index (χ1v) is 9.32. The van der Waals surface area contributed by atoms with E-state index in [4.69, 9.17) is 0 Å². The number of aryl methyl sites for hydroxylation is 1. The van der Waals surface area contributed by atoms with Crippen molar-refractivity contribution in [3.05, 3.63) is 33.0 Å².